The highest BCUT2D eigenvalue weighted by Crippen LogP contribution is 2.44. The highest BCUT2D eigenvalue weighted by molar-refractivity contribution is 4.94. The Hall–Kier alpha value is -0.120. The van der Waals surface area contributed by atoms with Crippen molar-refractivity contribution in [3.8, 4) is 0 Å². The maximum Gasteiger partial charge on any atom is 0.0499 e. The lowest BCUT2D eigenvalue weighted by Crippen LogP contribution is -2.32. The quantitative estimate of drug-likeness (QED) is 0.687. The van der Waals surface area contributed by atoms with Crippen molar-refractivity contribution < 1.29 is 9.84 Å². The molecule has 2 N–H and O–H groups in total. The molecule has 0 atom stereocenters. The van der Waals surface area contributed by atoms with E-state index in [4.69, 9.17) is 9.84 Å². The van der Waals surface area contributed by atoms with Crippen LogP contribution in [-0.2, 0) is 4.74 Å². The van der Waals surface area contributed by atoms with Gasteiger partial charge in [0.2, 0.25) is 0 Å². The molecule has 2 fully saturated rings. The molecule has 2 rings (SSSR count). The largest absolute Gasteiger partial charge is 0.396 e. The summed E-state index contributed by atoms with van der Waals surface area (Å²) in [6, 6.07) is 0. The third kappa shape index (κ3) is 2.69. The first-order valence-electron chi connectivity index (χ1n) is 5.74. The number of ether oxygens (including phenoxy) is 1. The lowest BCUT2D eigenvalue weighted by molar-refractivity contribution is 0.0655. The predicted octanol–water partition coefficient (Wildman–Crippen LogP) is 0.775. The van der Waals surface area contributed by atoms with Crippen molar-refractivity contribution in [2.45, 2.75) is 25.7 Å². The monoisotopic (exact) mass is 199 g/mol. The molecule has 0 aromatic carbocycles. The molecule has 1 saturated carbocycles. The summed E-state index contributed by atoms with van der Waals surface area (Å²) in [5.74, 6) is 0.790. The van der Waals surface area contributed by atoms with Crippen molar-refractivity contribution in [3.05, 3.63) is 0 Å². The zero-order valence-electron chi connectivity index (χ0n) is 8.80. The van der Waals surface area contributed by atoms with E-state index in [-0.39, 0.29) is 5.41 Å². The second kappa shape index (κ2) is 4.60. The Balaban J connectivity index is 1.58. The van der Waals surface area contributed by atoms with Gasteiger partial charge in [0.15, 0.2) is 0 Å². The standard InChI is InChI=1S/C11H21NO2/c13-9-11(3-4-11)8-12-7-10-1-5-14-6-2-10/h10,12-13H,1-9H2. The third-order valence-corrected chi connectivity index (χ3v) is 3.57. The summed E-state index contributed by atoms with van der Waals surface area (Å²) in [5, 5.41) is 12.6. The molecule has 1 aliphatic carbocycles. The van der Waals surface area contributed by atoms with Gasteiger partial charge in [-0.25, -0.2) is 0 Å². The smallest absolute Gasteiger partial charge is 0.0499 e. The van der Waals surface area contributed by atoms with Gasteiger partial charge in [-0.05, 0) is 38.1 Å². The van der Waals surface area contributed by atoms with E-state index in [9.17, 15) is 0 Å². The zero-order chi connectivity index (χ0) is 9.86. The molecule has 1 heterocycles. The molecule has 0 spiro atoms. The Morgan fingerprint density at radius 1 is 1.29 bits per heavy atom. The van der Waals surface area contributed by atoms with Gasteiger partial charge in [-0.3, -0.25) is 0 Å². The summed E-state index contributed by atoms with van der Waals surface area (Å²) >= 11 is 0. The van der Waals surface area contributed by atoms with Crippen molar-refractivity contribution in [1.82, 2.24) is 5.32 Å². The summed E-state index contributed by atoms with van der Waals surface area (Å²) in [6.45, 7) is 4.31. The fourth-order valence-corrected chi connectivity index (χ4v) is 2.06. The first-order valence-corrected chi connectivity index (χ1v) is 5.74. The first kappa shape index (κ1) is 10.4. The van der Waals surface area contributed by atoms with E-state index >= 15 is 0 Å². The van der Waals surface area contributed by atoms with Gasteiger partial charge < -0.3 is 15.2 Å². The van der Waals surface area contributed by atoms with Crippen LogP contribution in [0.2, 0.25) is 0 Å². The lowest BCUT2D eigenvalue weighted by atomic mass is 10.00. The van der Waals surface area contributed by atoms with Gasteiger partial charge in [0.05, 0.1) is 0 Å². The second-order valence-electron chi connectivity index (χ2n) is 4.84. The van der Waals surface area contributed by atoms with Crippen LogP contribution in [0.5, 0.6) is 0 Å². The molecular formula is C11H21NO2. The molecule has 3 nitrogen and oxygen atoms in total. The molecule has 0 unspecified atom stereocenters. The van der Waals surface area contributed by atoms with Crippen molar-refractivity contribution in [2.24, 2.45) is 11.3 Å². The van der Waals surface area contributed by atoms with E-state index in [2.05, 4.69) is 5.32 Å². The molecular weight excluding hydrogens is 178 g/mol. The zero-order valence-corrected chi connectivity index (χ0v) is 8.80. The van der Waals surface area contributed by atoms with Crippen molar-refractivity contribution in [2.75, 3.05) is 32.9 Å². The molecule has 1 aliphatic heterocycles. The van der Waals surface area contributed by atoms with Gasteiger partial charge in [0.25, 0.3) is 0 Å². The minimum absolute atomic E-state index is 0.255. The lowest BCUT2D eigenvalue weighted by Gasteiger charge is -2.23. The number of hydrogen-bond donors (Lipinski definition) is 2. The van der Waals surface area contributed by atoms with Crippen LogP contribution in [0.15, 0.2) is 0 Å². The van der Waals surface area contributed by atoms with E-state index in [1.807, 2.05) is 0 Å². The topological polar surface area (TPSA) is 41.5 Å². The average Bonchev–Trinajstić information content (AvgIpc) is 3.00. The Labute approximate surface area is 85.8 Å². The number of aliphatic hydroxyl groups is 1. The maximum atomic E-state index is 9.13. The Morgan fingerprint density at radius 3 is 2.57 bits per heavy atom. The van der Waals surface area contributed by atoms with Crippen LogP contribution in [0.1, 0.15) is 25.7 Å². The van der Waals surface area contributed by atoms with E-state index in [0.717, 1.165) is 32.2 Å². The SMILES string of the molecule is OCC1(CNCC2CCOCC2)CC1. The molecule has 3 heteroatoms. The molecule has 0 radical (unpaired) electrons. The third-order valence-electron chi connectivity index (χ3n) is 3.57. The van der Waals surface area contributed by atoms with Crippen LogP contribution in [0.25, 0.3) is 0 Å². The number of aliphatic hydroxyl groups excluding tert-OH is 1. The fourth-order valence-electron chi connectivity index (χ4n) is 2.06. The van der Waals surface area contributed by atoms with Gasteiger partial charge in [-0.2, -0.15) is 0 Å². The highest BCUT2D eigenvalue weighted by atomic mass is 16.5. The van der Waals surface area contributed by atoms with Crippen molar-refractivity contribution >= 4 is 0 Å². The van der Waals surface area contributed by atoms with E-state index in [0.29, 0.717) is 6.61 Å². The fraction of sp³-hybridized carbons (Fsp3) is 1.00. The summed E-state index contributed by atoms with van der Waals surface area (Å²) in [6.07, 6.45) is 4.78. The van der Waals surface area contributed by atoms with Crippen LogP contribution < -0.4 is 5.32 Å². The molecule has 0 aromatic heterocycles. The summed E-state index contributed by atoms with van der Waals surface area (Å²) in [5.41, 5.74) is 0.255. The number of nitrogens with one attached hydrogen (secondary N) is 1. The van der Waals surface area contributed by atoms with Gasteiger partial charge in [0.1, 0.15) is 0 Å². The molecule has 0 amide bonds. The predicted molar refractivity (Wildman–Crippen MR) is 55.2 cm³/mol. The van der Waals surface area contributed by atoms with Crippen molar-refractivity contribution in [1.29, 1.82) is 0 Å². The molecule has 82 valence electrons. The van der Waals surface area contributed by atoms with Crippen LogP contribution in [0.3, 0.4) is 0 Å². The summed E-state index contributed by atoms with van der Waals surface area (Å²) in [7, 11) is 0. The summed E-state index contributed by atoms with van der Waals surface area (Å²) in [4.78, 5) is 0. The van der Waals surface area contributed by atoms with Crippen LogP contribution in [0.4, 0.5) is 0 Å². The van der Waals surface area contributed by atoms with Crippen LogP contribution in [-0.4, -0.2) is 38.0 Å². The van der Waals surface area contributed by atoms with Crippen LogP contribution in [0, 0.1) is 11.3 Å². The van der Waals surface area contributed by atoms with Gasteiger partial charge in [0, 0.05) is 31.8 Å². The van der Waals surface area contributed by atoms with Crippen LogP contribution >= 0.6 is 0 Å². The number of rotatable bonds is 5. The molecule has 0 bridgehead atoms. The van der Waals surface area contributed by atoms with Crippen molar-refractivity contribution in [3.63, 3.8) is 0 Å². The van der Waals surface area contributed by atoms with Gasteiger partial charge in [-0.1, -0.05) is 0 Å². The van der Waals surface area contributed by atoms with Gasteiger partial charge >= 0.3 is 0 Å². The average molecular weight is 199 g/mol. The first-order chi connectivity index (χ1) is 6.85. The minimum Gasteiger partial charge on any atom is -0.396 e. The highest BCUT2D eigenvalue weighted by Gasteiger charge is 2.41. The molecule has 2 aliphatic rings. The Bertz CT molecular complexity index is 174. The molecule has 14 heavy (non-hydrogen) atoms. The second-order valence-corrected chi connectivity index (χ2v) is 4.84. The van der Waals surface area contributed by atoms with E-state index in [1.54, 1.807) is 0 Å². The molecule has 1 saturated heterocycles. The summed E-state index contributed by atoms with van der Waals surface area (Å²) < 4.78 is 5.31. The number of hydrogen-bond acceptors (Lipinski definition) is 3. The Kier molecular flexibility index (Phi) is 3.42. The normalized spacial score (nSPS) is 26.4. The van der Waals surface area contributed by atoms with Gasteiger partial charge in [-0.15, -0.1) is 0 Å². The molecule has 0 aromatic rings. The minimum atomic E-state index is 0.255. The Morgan fingerprint density at radius 2 is 2.00 bits per heavy atom. The van der Waals surface area contributed by atoms with E-state index in [1.165, 1.54) is 25.7 Å². The van der Waals surface area contributed by atoms with E-state index < -0.39 is 0 Å². The maximum absolute atomic E-state index is 9.13.